The van der Waals surface area contributed by atoms with E-state index in [9.17, 15) is 4.79 Å². The van der Waals surface area contributed by atoms with Gasteiger partial charge in [-0.25, -0.2) is 10.9 Å². The second-order valence-corrected chi connectivity index (χ2v) is 10.0. The maximum atomic E-state index is 13.1. The Hall–Kier alpha value is -0.770. The highest BCUT2D eigenvalue weighted by Crippen LogP contribution is 2.23. The molecule has 210 valence electrons. The van der Waals surface area contributed by atoms with Crippen molar-refractivity contribution < 1.29 is 9.53 Å². The summed E-state index contributed by atoms with van der Waals surface area (Å²) in [5.41, 5.74) is 10.8. The van der Waals surface area contributed by atoms with E-state index >= 15 is 0 Å². The summed E-state index contributed by atoms with van der Waals surface area (Å²) in [5, 5.41) is 0. The topological polar surface area (TPSA) is 126 Å². The molecular formula is C27H60N6O2. The molecule has 0 aliphatic carbocycles. The molecule has 0 saturated heterocycles. The van der Waals surface area contributed by atoms with E-state index in [4.69, 9.17) is 16.4 Å². The number of ether oxygens (including phenoxy) is 1. The molecule has 0 aliphatic rings. The zero-order valence-corrected chi connectivity index (χ0v) is 23.2. The standard InChI is InChI=1S/C27H60N6O2/c1-3-5-19-25(20-15-11-7-9-13-17-23-30-32-28)27(34)35-26(21-6-4-2)22-16-12-8-10-14-18-24-31-33-29/h25-26,30-33H,3-24,28-29H2,1-2H3. The van der Waals surface area contributed by atoms with Crippen molar-refractivity contribution in [2.75, 3.05) is 13.1 Å². The van der Waals surface area contributed by atoms with Crippen LogP contribution in [0.3, 0.4) is 0 Å². The van der Waals surface area contributed by atoms with Gasteiger partial charge in [0.05, 0.1) is 5.92 Å². The molecule has 0 bridgehead atoms. The lowest BCUT2D eigenvalue weighted by molar-refractivity contribution is -0.155. The van der Waals surface area contributed by atoms with E-state index in [1.807, 2.05) is 0 Å². The van der Waals surface area contributed by atoms with Gasteiger partial charge in [-0.15, -0.1) is 0 Å². The Morgan fingerprint density at radius 2 is 1.00 bits per heavy atom. The fourth-order valence-electron chi connectivity index (χ4n) is 4.53. The number of rotatable bonds is 28. The van der Waals surface area contributed by atoms with Crippen molar-refractivity contribution in [2.24, 2.45) is 17.6 Å². The molecule has 8 heteroatoms. The van der Waals surface area contributed by atoms with Crippen molar-refractivity contribution in [2.45, 2.75) is 148 Å². The molecule has 2 unspecified atom stereocenters. The van der Waals surface area contributed by atoms with Crippen LogP contribution in [0.4, 0.5) is 0 Å². The molecule has 0 heterocycles. The van der Waals surface area contributed by atoms with Crippen molar-refractivity contribution in [3.8, 4) is 0 Å². The first kappa shape index (κ1) is 34.2. The van der Waals surface area contributed by atoms with Gasteiger partial charge in [-0.1, -0.05) is 97.3 Å². The van der Waals surface area contributed by atoms with Gasteiger partial charge in [-0.05, 0) is 44.9 Å². The number of carbonyl (C=O) groups excluding carboxylic acids is 1. The average Bonchev–Trinajstić information content (AvgIpc) is 2.86. The molecule has 0 saturated carbocycles. The Morgan fingerprint density at radius 1 is 0.600 bits per heavy atom. The molecule has 0 rings (SSSR count). The molecule has 0 radical (unpaired) electrons. The summed E-state index contributed by atoms with van der Waals surface area (Å²) in [5.74, 6) is 10.6. The second kappa shape index (κ2) is 27.8. The van der Waals surface area contributed by atoms with Crippen molar-refractivity contribution in [3.63, 3.8) is 0 Å². The molecule has 0 fully saturated rings. The number of esters is 1. The Balaban J connectivity index is 4.26. The number of hydrogen-bond acceptors (Lipinski definition) is 8. The van der Waals surface area contributed by atoms with Crippen LogP contribution < -0.4 is 33.6 Å². The molecular weight excluding hydrogens is 440 g/mol. The summed E-state index contributed by atoms with van der Waals surface area (Å²) in [6, 6.07) is 0. The first-order valence-electron chi connectivity index (χ1n) is 14.8. The summed E-state index contributed by atoms with van der Waals surface area (Å²) < 4.78 is 6.13. The summed E-state index contributed by atoms with van der Waals surface area (Å²) >= 11 is 0. The van der Waals surface area contributed by atoms with Gasteiger partial charge in [-0.2, -0.15) is 11.1 Å². The summed E-state index contributed by atoms with van der Waals surface area (Å²) in [7, 11) is 0. The minimum absolute atomic E-state index is 0.0703. The van der Waals surface area contributed by atoms with E-state index in [1.54, 1.807) is 0 Å². The third-order valence-corrected chi connectivity index (χ3v) is 6.79. The van der Waals surface area contributed by atoms with Gasteiger partial charge in [0.15, 0.2) is 0 Å². The first-order valence-corrected chi connectivity index (χ1v) is 14.8. The Kier molecular flexibility index (Phi) is 27.2. The van der Waals surface area contributed by atoms with E-state index in [-0.39, 0.29) is 18.0 Å². The molecule has 0 aromatic heterocycles. The van der Waals surface area contributed by atoms with Gasteiger partial charge in [0.25, 0.3) is 0 Å². The molecule has 0 aromatic rings. The van der Waals surface area contributed by atoms with Crippen LogP contribution in [0.15, 0.2) is 0 Å². The van der Waals surface area contributed by atoms with Crippen LogP contribution in [0.5, 0.6) is 0 Å². The SMILES string of the molecule is CCCCC(CCCCCCCCNNN)OC(=O)C(CCCC)CCCCCCCCNNN. The Morgan fingerprint density at radius 3 is 1.51 bits per heavy atom. The predicted octanol–water partition coefficient (Wildman–Crippen LogP) is 5.29. The molecule has 8 N–H and O–H groups in total. The van der Waals surface area contributed by atoms with E-state index < -0.39 is 0 Å². The van der Waals surface area contributed by atoms with Gasteiger partial charge in [0.1, 0.15) is 6.10 Å². The van der Waals surface area contributed by atoms with Crippen molar-refractivity contribution in [3.05, 3.63) is 0 Å². The zero-order valence-electron chi connectivity index (χ0n) is 23.2. The van der Waals surface area contributed by atoms with Crippen LogP contribution in [-0.2, 0) is 9.53 Å². The average molecular weight is 501 g/mol. The minimum atomic E-state index is 0.0703. The molecule has 2 atom stereocenters. The molecule has 0 spiro atoms. The van der Waals surface area contributed by atoms with Crippen LogP contribution >= 0.6 is 0 Å². The van der Waals surface area contributed by atoms with Crippen molar-refractivity contribution in [1.82, 2.24) is 21.9 Å². The monoisotopic (exact) mass is 500 g/mol. The number of unbranched alkanes of at least 4 members (excludes halogenated alkanes) is 12. The van der Waals surface area contributed by atoms with Crippen molar-refractivity contribution in [1.29, 1.82) is 0 Å². The predicted molar refractivity (Wildman–Crippen MR) is 148 cm³/mol. The maximum Gasteiger partial charge on any atom is 0.309 e. The Labute approximate surface area is 216 Å². The number of nitrogens with one attached hydrogen (secondary N) is 4. The van der Waals surface area contributed by atoms with E-state index in [0.29, 0.717) is 0 Å². The third kappa shape index (κ3) is 23.4. The highest BCUT2D eigenvalue weighted by molar-refractivity contribution is 5.72. The number of hydrogen-bond donors (Lipinski definition) is 6. The molecule has 0 aromatic carbocycles. The van der Waals surface area contributed by atoms with E-state index in [2.05, 4.69) is 35.8 Å². The van der Waals surface area contributed by atoms with Crippen LogP contribution in [0.25, 0.3) is 0 Å². The largest absolute Gasteiger partial charge is 0.462 e. The van der Waals surface area contributed by atoms with Crippen LogP contribution in [0.2, 0.25) is 0 Å². The number of nitrogens with two attached hydrogens (primary N) is 2. The number of carbonyl (C=O) groups is 1. The van der Waals surface area contributed by atoms with E-state index in [0.717, 1.165) is 90.1 Å². The van der Waals surface area contributed by atoms with Crippen LogP contribution in [-0.4, -0.2) is 25.2 Å². The van der Waals surface area contributed by atoms with Crippen LogP contribution in [0, 0.1) is 5.92 Å². The highest BCUT2D eigenvalue weighted by atomic mass is 16.5. The fraction of sp³-hybridized carbons (Fsp3) is 0.963. The second-order valence-electron chi connectivity index (χ2n) is 10.0. The highest BCUT2D eigenvalue weighted by Gasteiger charge is 2.22. The molecule has 35 heavy (non-hydrogen) atoms. The lowest BCUT2D eigenvalue weighted by atomic mass is 9.94. The minimum Gasteiger partial charge on any atom is -0.462 e. The van der Waals surface area contributed by atoms with Crippen LogP contribution in [0.1, 0.15) is 142 Å². The quantitative estimate of drug-likeness (QED) is 0.0370. The van der Waals surface area contributed by atoms with Gasteiger partial charge in [0.2, 0.25) is 0 Å². The molecule has 8 nitrogen and oxygen atoms in total. The van der Waals surface area contributed by atoms with Gasteiger partial charge in [0, 0.05) is 13.1 Å². The summed E-state index contributed by atoms with van der Waals surface area (Å²) in [4.78, 5) is 13.1. The van der Waals surface area contributed by atoms with Crippen molar-refractivity contribution >= 4 is 5.97 Å². The molecule has 0 aliphatic heterocycles. The Bertz CT molecular complexity index is 442. The molecule has 0 amide bonds. The van der Waals surface area contributed by atoms with E-state index in [1.165, 1.54) is 51.4 Å². The third-order valence-electron chi connectivity index (χ3n) is 6.79. The lowest BCUT2D eigenvalue weighted by Crippen LogP contribution is -2.38. The zero-order chi connectivity index (χ0) is 25.8. The van der Waals surface area contributed by atoms with Gasteiger partial charge in [-0.3, -0.25) is 16.5 Å². The van der Waals surface area contributed by atoms with Gasteiger partial charge >= 0.3 is 5.97 Å². The first-order chi connectivity index (χ1) is 17.2. The smallest absolute Gasteiger partial charge is 0.309 e. The fourth-order valence-corrected chi connectivity index (χ4v) is 4.53. The van der Waals surface area contributed by atoms with Gasteiger partial charge < -0.3 is 4.74 Å². The normalized spacial score (nSPS) is 13.1. The summed E-state index contributed by atoms with van der Waals surface area (Å²) in [6.45, 7) is 6.23. The maximum absolute atomic E-state index is 13.1. The number of hydrazine groups is 4. The lowest BCUT2D eigenvalue weighted by Gasteiger charge is -2.22. The summed E-state index contributed by atoms with van der Waals surface area (Å²) in [6.07, 6.45) is 23.0.